The lowest BCUT2D eigenvalue weighted by Crippen LogP contribution is -2.26. The molecule has 1 aromatic carbocycles. The van der Waals surface area contributed by atoms with E-state index in [4.69, 9.17) is 0 Å². The smallest absolute Gasteiger partial charge is 0.183 e. The summed E-state index contributed by atoms with van der Waals surface area (Å²) >= 11 is 0. The van der Waals surface area contributed by atoms with Crippen LogP contribution in [0.2, 0.25) is 0 Å². The van der Waals surface area contributed by atoms with Crippen LogP contribution in [-0.4, -0.2) is 41.6 Å². The van der Waals surface area contributed by atoms with Crippen molar-refractivity contribution in [3.63, 3.8) is 0 Å². The van der Waals surface area contributed by atoms with E-state index in [1.807, 2.05) is 48.7 Å². The fraction of sp³-hybridized carbons (Fsp3) is 0.238. The van der Waals surface area contributed by atoms with Crippen molar-refractivity contribution in [2.75, 3.05) is 13.1 Å². The molecule has 2 aliphatic rings. The lowest BCUT2D eigenvalue weighted by molar-refractivity contribution is 0.321. The number of rotatable bonds is 3. The first kappa shape index (κ1) is 16.6. The molecule has 2 atom stereocenters. The summed E-state index contributed by atoms with van der Waals surface area (Å²) in [5.74, 6) is 0.0188. The molecule has 0 N–H and O–H groups in total. The van der Waals surface area contributed by atoms with Crippen LogP contribution < -0.4 is 0 Å². The molecule has 3 aromatic rings. The topological polar surface area (TPSA) is 63.2 Å². The highest BCUT2D eigenvalue weighted by molar-refractivity contribution is 7.92. The van der Waals surface area contributed by atoms with Crippen molar-refractivity contribution in [2.24, 2.45) is 0 Å². The average molecular weight is 377 g/mol. The van der Waals surface area contributed by atoms with Gasteiger partial charge in [0, 0.05) is 44.1 Å². The molecule has 4 heterocycles. The molecule has 0 saturated carbocycles. The van der Waals surface area contributed by atoms with Crippen LogP contribution in [0.3, 0.4) is 0 Å². The van der Waals surface area contributed by atoms with Gasteiger partial charge in [0.05, 0.1) is 15.8 Å². The highest BCUT2D eigenvalue weighted by Crippen LogP contribution is 2.46. The van der Waals surface area contributed by atoms with Crippen LogP contribution in [0, 0.1) is 0 Å². The summed E-state index contributed by atoms with van der Waals surface area (Å²) in [6.45, 7) is 1.98. The molecular formula is C21H19N3O2S. The molecule has 6 heteroatoms. The predicted octanol–water partition coefficient (Wildman–Crippen LogP) is 2.90. The van der Waals surface area contributed by atoms with Crippen LogP contribution >= 0.6 is 0 Å². The zero-order valence-corrected chi connectivity index (χ0v) is 15.5. The van der Waals surface area contributed by atoms with Crippen molar-refractivity contribution in [1.82, 2.24) is 14.9 Å². The Morgan fingerprint density at radius 3 is 2.70 bits per heavy atom. The number of sulfone groups is 1. The minimum absolute atomic E-state index is 0.0188. The maximum Gasteiger partial charge on any atom is 0.183 e. The van der Waals surface area contributed by atoms with Gasteiger partial charge in [-0.3, -0.25) is 14.9 Å². The van der Waals surface area contributed by atoms with Crippen LogP contribution in [0.15, 0.2) is 72.0 Å². The van der Waals surface area contributed by atoms with Gasteiger partial charge in [0.1, 0.15) is 0 Å². The Hall–Kier alpha value is -2.57. The van der Waals surface area contributed by atoms with Gasteiger partial charge in [0.2, 0.25) is 0 Å². The summed E-state index contributed by atoms with van der Waals surface area (Å²) in [7, 11) is -3.28. The number of aromatic nitrogens is 2. The van der Waals surface area contributed by atoms with Gasteiger partial charge in [0.15, 0.2) is 9.84 Å². The third-order valence-electron chi connectivity index (χ3n) is 5.56. The second-order valence-electron chi connectivity index (χ2n) is 7.20. The molecule has 0 radical (unpaired) electrons. The quantitative estimate of drug-likeness (QED) is 0.702. The number of nitrogens with zero attached hydrogens (tertiary/aromatic N) is 3. The number of benzene rings is 1. The molecule has 1 fully saturated rings. The van der Waals surface area contributed by atoms with Gasteiger partial charge < -0.3 is 0 Å². The molecule has 27 heavy (non-hydrogen) atoms. The number of hydrogen-bond donors (Lipinski definition) is 0. The highest BCUT2D eigenvalue weighted by Gasteiger charge is 2.50. The molecule has 0 unspecified atom stereocenters. The molecular weight excluding hydrogens is 358 g/mol. The summed E-state index contributed by atoms with van der Waals surface area (Å²) in [4.78, 5) is 11.3. The largest absolute Gasteiger partial charge is 0.296 e. The Morgan fingerprint density at radius 1 is 1.00 bits per heavy atom. The summed E-state index contributed by atoms with van der Waals surface area (Å²) in [6.07, 6.45) is 5.33. The van der Waals surface area contributed by atoms with Crippen molar-refractivity contribution in [1.29, 1.82) is 0 Å². The number of fused-ring (bicyclic) bond motifs is 3. The van der Waals surface area contributed by atoms with Crippen molar-refractivity contribution >= 4 is 9.84 Å². The zero-order chi connectivity index (χ0) is 18.4. The van der Waals surface area contributed by atoms with Gasteiger partial charge in [-0.25, -0.2) is 8.42 Å². The summed E-state index contributed by atoms with van der Waals surface area (Å²) in [5, 5.41) is -0.361. The van der Waals surface area contributed by atoms with Crippen LogP contribution in [-0.2, 0) is 16.4 Å². The first-order valence-corrected chi connectivity index (χ1v) is 10.6. The fourth-order valence-corrected chi connectivity index (χ4v) is 6.48. The van der Waals surface area contributed by atoms with Gasteiger partial charge >= 0.3 is 0 Å². The Bertz CT molecular complexity index is 1080. The van der Waals surface area contributed by atoms with E-state index in [1.165, 1.54) is 0 Å². The molecule has 5 rings (SSSR count). The van der Waals surface area contributed by atoms with E-state index < -0.39 is 9.84 Å². The average Bonchev–Trinajstić information content (AvgIpc) is 3.21. The minimum Gasteiger partial charge on any atom is -0.296 e. The highest BCUT2D eigenvalue weighted by atomic mass is 32.2. The minimum atomic E-state index is -3.28. The maximum atomic E-state index is 13.1. The van der Waals surface area contributed by atoms with Gasteiger partial charge in [-0.15, -0.1) is 0 Å². The molecule has 2 aromatic heterocycles. The molecule has 5 nitrogen and oxygen atoms in total. The Labute approximate surface area is 158 Å². The van der Waals surface area contributed by atoms with Gasteiger partial charge in [-0.2, -0.15) is 0 Å². The van der Waals surface area contributed by atoms with Crippen molar-refractivity contribution in [3.8, 4) is 11.1 Å². The lowest BCUT2D eigenvalue weighted by atomic mass is 9.95. The standard InChI is InChI=1S/C21H19N3O2S/c25-27(26)20-7-6-15(16-4-3-8-22-11-16)10-18(20)19-13-24(14-21(19)27)12-17-5-1-2-9-23-17/h1-11,19,21H,12-14H2/t19-,21+/m0/s1. The van der Waals surface area contributed by atoms with E-state index in [0.29, 0.717) is 18.0 Å². The van der Waals surface area contributed by atoms with Crippen molar-refractivity contribution in [3.05, 3.63) is 78.4 Å². The van der Waals surface area contributed by atoms with Gasteiger partial charge in [-0.1, -0.05) is 18.2 Å². The second-order valence-corrected chi connectivity index (χ2v) is 9.33. The van der Waals surface area contributed by atoms with Crippen LogP contribution in [0.1, 0.15) is 17.2 Å². The first-order valence-electron chi connectivity index (χ1n) is 9.03. The van der Waals surface area contributed by atoms with E-state index in [9.17, 15) is 8.42 Å². The maximum absolute atomic E-state index is 13.1. The summed E-state index contributed by atoms with van der Waals surface area (Å²) < 4.78 is 26.1. The Kier molecular flexibility index (Phi) is 3.84. The third-order valence-corrected chi connectivity index (χ3v) is 7.82. The molecule has 0 spiro atoms. The van der Waals surface area contributed by atoms with Gasteiger partial charge in [-0.05, 0) is 47.0 Å². The SMILES string of the molecule is O=S1(=O)c2ccc(-c3cccnc3)cc2[C@@H]2CN(Cc3ccccn3)C[C@H]21. The number of pyridine rings is 2. The normalized spacial score (nSPS) is 23.1. The molecule has 0 bridgehead atoms. The molecule has 0 amide bonds. The number of hydrogen-bond acceptors (Lipinski definition) is 5. The molecule has 0 aliphatic carbocycles. The third kappa shape index (κ3) is 2.76. The van der Waals surface area contributed by atoms with Crippen LogP contribution in [0.5, 0.6) is 0 Å². The van der Waals surface area contributed by atoms with E-state index >= 15 is 0 Å². The van der Waals surface area contributed by atoms with Crippen molar-refractivity contribution in [2.45, 2.75) is 22.6 Å². The van der Waals surface area contributed by atoms with Crippen LogP contribution in [0.25, 0.3) is 11.1 Å². The van der Waals surface area contributed by atoms with E-state index in [2.05, 4.69) is 14.9 Å². The van der Waals surface area contributed by atoms with Gasteiger partial charge in [0.25, 0.3) is 0 Å². The summed E-state index contributed by atoms with van der Waals surface area (Å²) in [6, 6.07) is 15.4. The summed E-state index contributed by atoms with van der Waals surface area (Å²) in [5.41, 5.74) is 3.94. The van der Waals surface area contributed by atoms with E-state index in [0.717, 1.165) is 28.9 Å². The van der Waals surface area contributed by atoms with Crippen LogP contribution in [0.4, 0.5) is 0 Å². The zero-order valence-electron chi connectivity index (χ0n) is 14.7. The Balaban J connectivity index is 1.49. The van der Waals surface area contributed by atoms with E-state index in [1.54, 1.807) is 18.5 Å². The predicted molar refractivity (Wildman–Crippen MR) is 103 cm³/mol. The number of likely N-dealkylation sites (tertiary alicyclic amines) is 1. The second kappa shape index (κ2) is 6.25. The molecule has 136 valence electrons. The lowest BCUT2D eigenvalue weighted by Gasteiger charge is -2.17. The monoisotopic (exact) mass is 377 g/mol. The van der Waals surface area contributed by atoms with Crippen molar-refractivity contribution < 1.29 is 8.42 Å². The molecule has 1 saturated heterocycles. The molecule has 2 aliphatic heterocycles. The first-order chi connectivity index (χ1) is 13.1. The van der Waals surface area contributed by atoms with E-state index in [-0.39, 0.29) is 11.2 Å². The fourth-order valence-electron chi connectivity index (χ4n) is 4.29. The Morgan fingerprint density at radius 2 is 1.93 bits per heavy atom.